The van der Waals surface area contributed by atoms with Gasteiger partial charge in [-0.2, -0.15) is 0 Å². The first-order valence-electron chi connectivity index (χ1n) is 6.02. The quantitative estimate of drug-likeness (QED) is 0.740. The highest BCUT2D eigenvalue weighted by molar-refractivity contribution is 5.85. The Hall–Kier alpha value is -1.83. The zero-order chi connectivity index (χ0) is 11.7. The molecular weight excluding hydrogens is 212 g/mol. The lowest BCUT2D eigenvalue weighted by Crippen LogP contribution is -2.09. The molecule has 0 bridgehead atoms. The van der Waals surface area contributed by atoms with Crippen LogP contribution in [0.3, 0.4) is 0 Å². The van der Waals surface area contributed by atoms with Crippen LogP contribution < -0.4 is 0 Å². The molecule has 0 amide bonds. The van der Waals surface area contributed by atoms with Crippen molar-refractivity contribution in [2.75, 3.05) is 0 Å². The molecule has 2 heteroatoms. The standard InChI is InChI=1S/C15H14O2/c16-10-15-14(8-9-17-15)13-7-2-1-6-12(13)11-4-3-5-11/h1-2,6-11H,3-5H2. The number of aldehydes is 1. The molecular formula is C15H14O2. The molecule has 1 saturated carbocycles. The Morgan fingerprint density at radius 1 is 1.12 bits per heavy atom. The van der Waals surface area contributed by atoms with Gasteiger partial charge in [-0.3, -0.25) is 4.79 Å². The first-order valence-corrected chi connectivity index (χ1v) is 6.02. The summed E-state index contributed by atoms with van der Waals surface area (Å²) in [6, 6.07) is 10.2. The molecule has 3 rings (SSSR count). The minimum Gasteiger partial charge on any atom is -0.461 e. The topological polar surface area (TPSA) is 30.2 Å². The summed E-state index contributed by atoms with van der Waals surface area (Å²) in [5.74, 6) is 1.08. The van der Waals surface area contributed by atoms with E-state index >= 15 is 0 Å². The van der Waals surface area contributed by atoms with Crippen LogP contribution in [0.5, 0.6) is 0 Å². The molecule has 1 aliphatic carbocycles. The van der Waals surface area contributed by atoms with Crippen molar-refractivity contribution in [3.63, 3.8) is 0 Å². The molecule has 0 aliphatic heterocycles. The van der Waals surface area contributed by atoms with E-state index in [9.17, 15) is 4.79 Å². The van der Waals surface area contributed by atoms with E-state index < -0.39 is 0 Å². The van der Waals surface area contributed by atoms with Crippen LogP contribution in [0.2, 0.25) is 0 Å². The molecule has 0 unspecified atom stereocenters. The smallest absolute Gasteiger partial charge is 0.185 e. The zero-order valence-corrected chi connectivity index (χ0v) is 9.56. The van der Waals surface area contributed by atoms with Crippen molar-refractivity contribution in [1.29, 1.82) is 0 Å². The van der Waals surface area contributed by atoms with E-state index in [1.54, 1.807) is 6.26 Å². The molecule has 17 heavy (non-hydrogen) atoms. The molecule has 1 aromatic heterocycles. The van der Waals surface area contributed by atoms with Crippen molar-refractivity contribution in [3.8, 4) is 11.1 Å². The number of hydrogen-bond donors (Lipinski definition) is 0. The van der Waals surface area contributed by atoms with Crippen molar-refractivity contribution < 1.29 is 9.21 Å². The third kappa shape index (κ3) is 1.70. The lowest BCUT2D eigenvalue weighted by molar-refractivity contribution is 0.110. The second-order valence-electron chi connectivity index (χ2n) is 4.53. The number of hydrogen-bond acceptors (Lipinski definition) is 2. The largest absolute Gasteiger partial charge is 0.461 e. The molecule has 0 spiro atoms. The van der Waals surface area contributed by atoms with Gasteiger partial charge in [0.2, 0.25) is 0 Å². The monoisotopic (exact) mass is 226 g/mol. The van der Waals surface area contributed by atoms with Gasteiger partial charge in [-0.1, -0.05) is 30.7 Å². The van der Waals surface area contributed by atoms with Gasteiger partial charge >= 0.3 is 0 Å². The molecule has 1 heterocycles. The lowest BCUT2D eigenvalue weighted by Gasteiger charge is -2.27. The fraction of sp³-hybridized carbons (Fsp3) is 0.267. The average molecular weight is 226 g/mol. The van der Waals surface area contributed by atoms with Gasteiger partial charge in [0.1, 0.15) is 0 Å². The Kier molecular flexibility index (Phi) is 2.56. The van der Waals surface area contributed by atoms with Crippen molar-refractivity contribution in [1.82, 2.24) is 0 Å². The van der Waals surface area contributed by atoms with E-state index in [0.717, 1.165) is 17.4 Å². The van der Waals surface area contributed by atoms with Crippen LogP contribution in [0.1, 0.15) is 41.3 Å². The average Bonchev–Trinajstić information content (AvgIpc) is 2.75. The van der Waals surface area contributed by atoms with Crippen LogP contribution in [0.15, 0.2) is 41.0 Å². The summed E-state index contributed by atoms with van der Waals surface area (Å²) >= 11 is 0. The van der Waals surface area contributed by atoms with E-state index in [0.29, 0.717) is 11.7 Å². The molecule has 0 N–H and O–H groups in total. The van der Waals surface area contributed by atoms with Crippen LogP contribution >= 0.6 is 0 Å². The van der Waals surface area contributed by atoms with Crippen molar-refractivity contribution >= 4 is 6.29 Å². The third-order valence-electron chi connectivity index (χ3n) is 3.60. The number of carbonyl (C=O) groups excluding carboxylic acids is 1. The van der Waals surface area contributed by atoms with E-state index in [4.69, 9.17) is 4.42 Å². The van der Waals surface area contributed by atoms with Crippen LogP contribution in [0.25, 0.3) is 11.1 Å². The van der Waals surface area contributed by atoms with Gasteiger partial charge in [0.05, 0.1) is 6.26 Å². The molecule has 0 saturated heterocycles. The molecule has 0 atom stereocenters. The van der Waals surface area contributed by atoms with Crippen molar-refractivity contribution in [3.05, 3.63) is 47.9 Å². The SMILES string of the molecule is O=Cc1occc1-c1ccccc1C1CCC1. The maximum atomic E-state index is 10.9. The first kappa shape index (κ1) is 10.3. The predicted molar refractivity (Wildman–Crippen MR) is 66.1 cm³/mol. The normalized spacial score (nSPS) is 15.5. The summed E-state index contributed by atoms with van der Waals surface area (Å²) in [7, 11) is 0. The summed E-state index contributed by atoms with van der Waals surface area (Å²) in [6.07, 6.45) is 6.19. The molecule has 1 aliphatic rings. The van der Waals surface area contributed by atoms with Gasteiger partial charge in [-0.05, 0) is 36.0 Å². The fourth-order valence-electron chi connectivity index (χ4n) is 2.45. The highest BCUT2D eigenvalue weighted by Gasteiger charge is 2.23. The minimum atomic E-state index is 0.428. The summed E-state index contributed by atoms with van der Waals surface area (Å²) in [6.45, 7) is 0. The van der Waals surface area contributed by atoms with Crippen LogP contribution in [-0.4, -0.2) is 6.29 Å². The van der Waals surface area contributed by atoms with Crippen molar-refractivity contribution in [2.24, 2.45) is 0 Å². The number of carbonyl (C=O) groups is 1. The van der Waals surface area contributed by atoms with E-state index in [-0.39, 0.29) is 0 Å². The van der Waals surface area contributed by atoms with Crippen LogP contribution in [0.4, 0.5) is 0 Å². The number of furan rings is 1. The minimum absolute atomic E-state index is 0.428. The Labute approximate surface area is 100 Å². The highest BCUT2D eigenvalue weighted by Crippen LogP contribution is 2.41. The Morgan fingerprint density at radius 2 is 1.94 bits per heavy atom. The fourth-order valence-corrected chi connectivity index (χ4v) is 2.45. The molecule has 2 aromatic rings. The summed E-state index contributed by atoms with van der Waals surface area (Å²) in [5, 5.41) is 0. The second-order valence-corrected chi connectivity index (χ2v) is 4.53. The lowest BCUT2D eigenvalue weighted by atomic mass is 9.77. The van der Waals surface area contributed by atoms with Gasteiger partial charge in [0.25, 0.3) is 0 Å². The molecule has 1 aromatic carbocycles. The van der Waals surface area contributed by atoms with E-state index in [1.165, 1.54) is 24.8 Å². The summed E-state index contributed by atoms with van der Waals surface area (Å²) in [5.41, 5.74) is 3.42. The van der Waals surface area contributed by atoms with Crippen molar-refractivity contribution in [2.45, 2.75) is 25.2 Å². The van der Waals surface area contributed by atoms with Gasteiger partial charge in [0, 0.05) is 5.56 Å². The van der Waals surface area contributed by atoms with Gasteiger partial charge < -0.3 is 4.42 Å². The third-order valence-corrected chi connectivity index (χ3v) is 3.60. The molecule has 2 nitrogen and oxygen atoms in total. The molecule has 86 valence electrons. The molecule has 0 radical (unpaired) electrons. The zero-order valence-electron chi connectivity index (χ0n) is 9.56. The maximum Gasteiger partial charge on any atom is 0.185 e. The highest BCUT2D eigenvalue weighted by atomic mass is 16.3. The van der Waals surface area contributed by atoms with Crippen LogP contribution in [-0.2, 0) is 0 Å². The number of rotatable bonds is 3. The Balaban J connectivity index is 2.10. The summed E-state index contributed by atoms with van der Waals surface area (Å²) in [4.78, 5) is 10.9. The Morgan fingerprint density at radius 3 is 2.65 bits per heavy atom. The first-order chi connectivity index (χ1) is 8.40. The van der Waals surface area contributed by atoms with E-state index in [2.05, 4.69) is 18.2 Å². The van der Waals surface area contributed by atoms with Crippen LogP contribution in [0, 0.1) is 0 Å². The molecule has 1 fully saturated rings. The van der Waals surface area contributed by atoms with Gasteiger partial charge in [-0.15, -0.1) is 0 Å². The van der Waals surface area contributed by atoms with Gasteiger partial charge in [-0.25, -0.2) is 0 Å². The summed E-state index contributed by atoms with van der Waals surface area (Å²) < 4.78 is 5.19. The van der Waals surface area contributed by atoms with Gasteiger partial charge in [0.15, 0.2) is 12.0 Å². The maximum absolute atomic E-state index is 10.9. The number of benzene rings is 1. The predicted octanol–water partition coefficient (Wildman–Crippen LogP) is 4.03. The second kappa shape index (κ2) is 4.21. The Bertz CT molecular complexity index is 535. The van der Waals surface area contributed by atoms with E-state index in [1.807, 2.05) is 12.1 Å².